The monoisotopic (exact) mass is 414 g/mol. The summed E-state index contributed by atoms with van der Waals surface area (Å²) in [6.07, 6.45) is 0. The second-order valence-corrected chi connectivity index (χ2v) is 7.75. The van der Waals surface area contributed by atoms with Gasteiger partial charge < -0.3 is 9.64 Å². The van der Waals surface area contributed by atoms with Gasteiger partial charge in [-0.1, -0.05) is 42.1 Å². The molecule has 0 saturated carbocycles. The summed E-state index contributed by atoms with van der Waals surface area (Å²) in [5, 5.41) is 9.48. The summed E-state index contributed by atoms with van der Waals surface area (Å²) in [5.41, 5.74) is 2.85. The summed E-state index contributed by atoms with van der Waals surface area (Å²) in [5.74, 6) is -0.609. The van der Waals surface area contributed by atoms with Crippen molar-refractivity contribution in [2.45, 2.75) is 23.3 Å². The number of hydrogen-bond acceptors (Lipinski definition) is 5. The Morgan fingerprint density at radius 3 is 2.63 bits per heavy atom. The van der Waals surface area contributed by atoms with Crippen molar-refractivity contribution >= 4 is 29.3 Å². The Kier molecular flexibility index (Phi) is 5.55. The van der Waals surface area contributed by atoms with Crippen molar-refractivity contribution in [1.82, 2.24) is 0 Å². The van der Waals surface area contributed by atoms with Crippen LogP contribution < -0.4 is 4.90 Å². The molecule has 1 aliphatic heterocycles. The standard InChI is InChI=1S/C24H18N2O3S/c1-2-29-24(28)16-11-12-22-20(13-16)26(15-18-8-4-3-7-17(18)14-25)23(27)19-9-5-6-10-21(19)30-22/h3-13H,2,15H2,1H3. The average Bonchev–Trinajstić information content (AvgIpc) is 2.89. The minimum atomic E-state index is -0.433. The molecule has 3 aromatic rings. The van der Waals surface area contributed by atoms with Gasteiger partial charge in [-0.2, -0.15) is 5.26 Å². The highest BCUT2D eigenvalue weighted by molar-refractivity contribution is 7.99. The summed E-state index contributed by atoms with van der Waals surface area (Å²) in [7, 11) is 0. The Morgan fingerprint density at radius 1 is 1.07 bits per heavy atom. The van der Waals surface area contributed by atoms with Gasteiger partial charge in [0.25, 0.3) is 5.91 Å². The topological polar surface area (TPSA) is 70.4 Å². The highest BCUT2D eigenvalue weighted by atomic mass is 32.2. The summed E-state index contributed by atoms with van der Waals surface area (Å²) in [4.78, 5) is 29.2. The van der Waals surface area contributed by atoms with E-state index in [2.05, 4.69) is 6.07 Å². The number of nitriles is 1. The van der Waals surface area contributed by atoms with Crippen LogP contribution in [0.5, 0.6) is 0 Å². The van der Waals surface area contributed by atoms with Gasteiger partial charge in [0.05, 0.1) is 41.6 Å². The summed E-state index contributed by atoms with van der Waals surface area (Å²) in [6, 6.07) is 22.1. The van der Waals surface area contributed by atoms with Crippen LogP contribution >= 0.6 is 11.8 Å². The minimum Gasteiger partial charge on any atom is -0.462 e. The second-order valence-electron chi connectivity index (χ2n) is 6.66. The Morgan fingerprint density at radius 2 is 1.83 bits per heavy atom. The van der Waals surface area contributed by atoms with Crippen LogP contribution in [0.4, 0.5) is 5.69 Å². The van der Waals surface area contributed by atoms with Crippen LogP contribution in [0.15, 0.2) is 76.5 Å². The van der Waals surface area contributed by atoms with Gasteiger partial charge in [-0.05, 0) is 48.9 Å². The van der Waals surface area contributed by atoms with Crippen LogP contribution in [0.3, 0.4) is 0 Å². The number of amides is 1. The molecule has 4 rings (SSSR count). The molecule has 1 heterocycles. The summed E-state index contributed by atoms with van der Waals surface area (Å²) < 4.78 is 5.14. The number of hydrogen-bond donors (Lipinski definition) is 0. The van der Waals surface area contributed by atoms with Crippen molar-refractivity contribution in [1.29, 1.82) is 5.26 Å². The van der Waals surface area contributed by atoms with E-state index in [1.807, 2.05) is 36.4 Å². The molecule has 5 nitrogen and oxygen atoms in total. The van der Waals surface area contributed by atoms with E-state index in [9.17, 15) is 14.9 Å². The molecule has 0 saturated heterocycles. The molecule has 3 aromatic carbocycles. The third-order valence-electron chi connectivity index (χ3n) is 4.81. The first-order valence-electron chi connectivity index (χ1n) is 9.50. The number of carbonyl (C=O) groups is 2. The zero-order valence-electron chi connectivity index (χ0n) is 16.3. The molecular formula is C24H18N2O3S. The summed E-state index contributed by atoms with van der Waals surface area (Å²) >= 11 is 1.49. The molecule has 0 bridgehead atoms. The third-order valence-corrected chi connectivity index (χ3v) is 5.95. The van der Waals surface area contributed by atoms with Gasteiger partial charge in [-0.15, -0.1) is 0 Å². The maximum absolute atomic E-state index is 13.5. The predicted molar refractivity (Wildman–Crippen MR) is 115 cm³/mol. The molecule has 0 fully saturated rings. The van der Waals surface area contributed by atoms with Crippen molar-refractivity contribution in [2.75, 3.05) is 11.5 Å². The highest BCUT2D eigenvalue weighted by Gasteiger charge is 2.28. The van der Waals surface area contributed by atoms with Crippen LogP contribution in [-0.2, 0) is 11.3 Å². The van der Waals surface area contributed by atoms with Crippen molar-refractivity contribution in [2.24, 2.45) is 0 Å². The predicted octanol–water partition coefficient (Wildman–Crippen LogP) is 5.05. The van der Waals surface area contributed by atoms with Crippen LogP contribution in [0.25, 0.3) is 0 Å². The third kappa shape index (κ3) is 3.68. The smallest absolute Gasteiger partial charge is 0.338 e. The fourth-order valence-electron chi connectivity index (χ4n) is 3.36. The number of benzene rings is 3. The van der Waals surface area contributed by atoms with Crippen molar-refractivity contribution in [3.63, 3.8) is 0 Å². The first-order chi connectivity index (χ1) is 14.6. The number of ether oxygens (including phenoxy) is 1. The van der Waals surface area contributed by atoms with E-state index in [4.69, 9.17) is 4.74 Å². The largest absolute Gasteiger partial charge is 0.462 e. The molecule has 0 radical (unpaired) electrons. The lowest BCUT2D eigenvalue weighted by Crippen LogP contribution is -2.30. The molecule has 148 valence electrons. The fraction of sp³-hybridized carbons (Fsp3) is 0.125. The average molecular weight is 414 g/mol. The van der Waals surface area contributed by atoms with Gasteiger partial charge in [0, 0.05) is 9.79 Å². The van der Waals surface area contributed by atoms with Crippen LogP contribution in [0.2, 0.25) is 0 Å². The summed E-state index contributed by atoms with van der Waals surface area (Å²) in [6.45, 7) is 2.24. The Balaban J connectivity index is 1.86. The van der Waals surface area contributed by atoms with Gasteiger partial charge >= 0.3 is 5.97 Å². The number of carbonyl (C=O) groups excluding carboxylic acids is 2. The number of nitrogens with zero attached hydrogens (tertiary/aromatic N) is 2. The van der Waals surface area contributed by atoms with Crippen LogP contribution in [0, 0.1) is 11.3 Å². The number of rotatable bonds is 4. The maximum Gasteiger partial charge on any atom is 0.338 e. The van der Waals surface area contributed by atoms with E-state index >= 15 is 0 Å². The number of fused-ring (bicyclic) bond motifs is 2. The first-order valence-corrected chi connectivity index (χ1v) is 10.3. The SMILES string of the molecule is CCOC(=O)c1ccc2c(c1)N(Cc1ccccc1C#N)C(=O)c1ccccc1S2. The molecule has 0 spiro atoms. The van der Waals surface area contributed by atoms with E-state index in [1.54, 1.807) is 42.2 Å². The molecule has 0 atom stereocenters. The van der Waals surface area contributed by atoms with E-state index in [0.29, 0.717) is 22.4 Å². The zero-order chi connectivity index (χ0) is 21.1. The molecule has 0 aromatic heterocycles. The number of esters is 1. The van der Waals surface area contributed by atoms with Gasteiger partial charge in [0.1, 0.15) is 0 Å². The molecule has 1 aliphatic rings. The Bertz CT molecular complexity index is 1180. The van der Waals surface area contributed by atoms with Crippen LogP contribution in [0.1, 0.15) is 38.8 Å². The molecule has 30 heavy (non-hydrogen) atoms. The van der Waals surface area contributed by atoms with E-state index < -0.39 is 5.97 Å². The second kappa shape index (κ2) is 8.44. The lowest BCUT2D eigenvalue weighted by atomic mass is 10.1. The Hall–Kier alpha value is -3.56. The quantitative estimate of drug-likeness (QED) is 0.559. The molecule has 0 aliphatic carbocycles. The molecule has 1 amide bonds. The normalized spacial score (nSPS) is 12.4. The van der Waals surface area contributed by atoms with E-state index in [0.717, 1.165) is 15.4 Å². The molecule has 0 N–H and O–H groups in total. The van der Waals surface area contributed by atoms with Crippen molar-refractivity contribution < 1.29 is 14.3 Å². The first kappa shape index (κ1) is 19.7. The van der Waals surface area contributed by atoms with Gasteiger partial charge in [0.15, 0.2) is 0 Å². The Labute approximate surface area is 178 Å². The molecule has 6 heteroatoms. The lowest BCUT2D eigenvalue weighted by molar-refractivity contribution is 0.0526. The van der Waals surface area contributed by atoms with Crippen molar-refractivity contribution in [3.05, 3.63) is 89.0 Å². The fourth-order valence-corrected chi connectivity index (χ4v) is 4.41. The van der Waals surface area contributed by atoms with E-state index in [-0.39, 0.29) is 19.1 Å². The molecule has 0 unspecified atom stereocenters. The molecular weight excluding hydrogens is 396 g/mol. The van der Waals surface area contributed by atoms with Gasteiger partial charge in [0.2, 0.25) is 0 Å². The zero-order valence-corrected chi connectivity index (χ0v) is 17.1. The van der Waals surface area contributed by atoms with Gasteiger partial charge in [-0.25, -0.2) is 4.79 Å². The van der Waals surface area contributed by atoms with Crippen molar-refractivity contribution in [3.8, 4) is 6.07 Å². The van der Waals surface area contributed by atoms with Crippen LogP contribution in [-0.4, -0.2) is 18.5 Å². The maximum atomic E-state index is 13.5. The van der Waals surface area contributed by atoms with Gasteiger partial charge in [-0.3, -0.25) is 4.79 Å². The van der Waals surface area contributed by atoms with E-state index in [1.165, 1.54) is 11.8 Å². The highest BCUT2D eigenvalue weighted by Crippen LogP contribution is 2.42. The minimum absolute atomic E-state index is 0.175. The lowest BCUT2D eigenvalue weighted by Gasteiger charge is -2.24. The number of anilines is 1.